The number of furan rings is 1. The van der Waals surface area contributed by atoms with Crippen molar-refractivity contribution in [3.8, 4) is 0 Å². The molecule has 3 aromatic rings. The molecule has 1 fully saturated rings. The molecule has 3 heterocycles. The zero-order valence-corrected chi connectivity index (χ0v) is 26.0. The lowest BCUT2D eigenvalue weighted by molar-refractivity contribution is -0.301. The predicted molar refractivity (Wildman–Crippen MR) is 157 cm³/mol. The average molecular weight is 681 g/mol. The van der Waals surface area contributed by atoms with Crippen molar-refractivity contribution in [3.05, 3.63) is 90.7 Å². The van der Waals surface area contributed by atoms with E-state index < -0.39 is 35.8 Å². The number of imidazole rings is 1. The molecule has 264 valence electrons. The van der Waals surface area contributed by atoms with E-state index in [1.54, 1.807) is 6.26 Å². The Morgan fingerprint density at radius 3 is 1.61 bits per heavy atom. The number of fused-ring (bicyclic) bond motifs is 1. The summed E-state index contributed by atoms with van der Waals surface area (Å²) in [5.74, 6) is -6.44. The first-order valence-electron chi connectivity index (χ1n) is 14.4. The summed E-state index contributed by atoms with van der Waals surface area (Å²) in [7, 11) is 0. The molecule has 1 aromatic carbocycles. The van der Waals surface area contributed by atoms with E-state index in [0.717, 1.165) is 50.4 Å². The monoisotopic (exact) mass is 680 g/mol. The van der Waals surface area contributed by atoms with Gasteiger partial charge in [-0.05, 0) is 92.6 Å². The molecule has 17 nitrogen and oxygen atoms in total. The summed E-state index contributed by atoms with van der Waals surface area (Å²) in [5, 5.41) is 56.5. The van der Waals surface area contributed by atoms with Gasteiger partial charge in [0.05, 0.1) is 59.7 Å². The number of aliphatic carboxylic acids is 6. The molecule has 2 N–H and O–H groups in total. The normalized spacial score (nSPS) is 13.2. The van der Waals surface area contributed by atoms with Gasteiger partial charge in [0.1, 0.15) is 11.6 Å². The van der Waals surface area contributed by atoms with Crippen molar-refractivity contribution in [2.75, 3.05) is 26.2 Å². The summed E-state index contributed by atoms with van der Waals surface area (Å²) in [6, 6.07) is 12.4. The van der Waals surface area contributed by atoms with E-state index in [1.165, 1.54) is 24.2 Å². The molecule has 1 aliphatic rings. The first kappa shape index (κ1) is 41.0. The van der Waals surface area contributed by atoms with Gasteiger partial charge < -0.3 is 79.0 Å². The zero-order valence-electron chi connectivity index (χ0n) is 26.0. The van der Waals surface area contributed by atoms with E-state index in [1.807, 2.05) is 12.1 Å². The Kier molecular flexibility index (Phi) is 18.8. The zero-order chi connectivity index (χ0) is 36.8. The number of carboxylic acids is 6. The summed E-state index contributed by atoms with van der Waals surface area (Å²) in [6.07, 6.45) is 7.53. The molecule has 1 aliphatic heterocycles. The highest BCUT2D eigenvalue weighted by Crippen LogP contribution is 2.25. The summed E-state index contributed by atoms with van der Waals surface area (Å²) in [4.78, 5) is 63.9. The van der Waals surface area contributed by atoms with E-state index >= 15 is 0 Å². The van der Waals surface area contributed by atoms with Gasteiger partial charge >= 0.3 is 0 Å². The van der Waals surface area contributed by atoms with Crippen molar-refractivity contribution in [1.29, 1.82) is 0 Å². The van der Waals surface area contributed by atoms with Gasteiger partial charge in [-0.1, -0.05) is 12.1 Å². The Morgan fingerprint density at radius 2 is 1.20 bits per heavy atom. The Balaban J connectivity index is 0.000000411. The maximum atomic E-state index is 9.41. The van der Waals surface area contributed by atoms with E-state index in [4.69, 9.17) is 15.1 Å². The van der Waals surface area contributed by atoms with Crippen LogP contribution >= 0.6 is 0 Å². The molecule has 49 heavy (non-hydrogen) atoms. The SMILES string of the molecule is NCCN1CCC(Cc2nc3ccccc3n2Cc2ccco2)CC1.O=C([O-])/C=C/C(=O)[O-].O=C([O-])/C=C/C(=O)[O-].O=C([O-])/C=C/C(=O)[O-]. The fraction of sp³-hybridized carbons (Fsp3) is 0.281. The highest BCUT2D eigenvalue weighted by Gasteiger charge is 2.22. The number of hydrogen-bond acceptors (Lipinski definition) is 16. The Bertz CT molecular complexity index is 1490. The number of carbonyl (C=O) groups excluding carboxylic acids is 6. The second-order valence-corrected chi connectivity index (χ2v) is 9.87. The van der Waals surface area contributed by atoms with Crippen molar-refractivity contribution < 1.29 is 63.8 Å². The van der Waals surface area contributed by atoms with Crippen molar-refractivity contribution >= 4 is 46.8 Å². The minimum Gasteiger partial charge on any atom is -0.545 e. The smallest absolute Gasteiger partial charge is 0.123 e. The number of para-hydroxylation sites is 2. The van der Waals surface area contributed by atoms with E-state index in [-0.39, 0.29) is 0 Å². The summed E-state index contributed by atoms with van der Waals surface area (Å²) < 4.78 is 7.89. The lowest BCUT2D eigenvalue weighted by atomic mass is 9.93. The molecule has 0 radical (unpaired) electrons. The largest absolute Gasteiger partial charge is 0.545 e. The van der Waals surface area contributed by atoms with Gasteiger partial charge in [0, 0.05) is 19.5 Å². The molecule has 0 atom stereocenters. The third kappa shape index (κ3) is 18.6. The molecule has 0 unspecified atom stereocenters. The van der Waals surface area contributed by atoms with Gasteiger partial charge in [0.2, 0.25) is 0 Å². The molecule has 0 aliphatic carbocycles. The number of piperidine rings is 1. The highest BCUT2D eigenvalue weighted by atomic mass is 16.4. The molecule has 0 amide bonds. The predicted octanol–water partition coefficient (Wildman–Crippen LogP) is -5.98. The van der Waals surface area contributed by atoms with Crippen LogP contribution in [-0.4, -0.2) is 76.4 Å². The molecular formula is C32H32N4O13-6. The number of carbonyl (C=O) groups is 6. The molecule has 0 saturated carbocycles. The number of nitrogens with two attached hydrogens (primary N) is 1. The van der Waals surface area contributed by atoms with Crippen LogP contribution in [0, 0.1) is 5.92 Å². The summed E-state index contributed by atoms with van der Waals surface area (Å²) in [5.41, 5.74) is 7.94. The van der Waals surface area contributed by atoms with Crippen LogP contribution in [0.2, 0.25) is 0 Å². The first-order valence-corrected chi connectivity index (χ1v) is 14.4. The number of benzene rings is 1. The highest BCUT2D eigenvalue weighted by molar-refractivity contribution is 5.88. The summed E-state index contributed by atoms with van der Waals surface area (Å²) in [6.45, 7) is 4.82. The first-order chi connectivity index (χ1) is 23.2. The van der Waals surface area contributed by atoms with Gasteiger partial charge in [0.15, 0.2) is 0 Å². The third-order valence-corrected chi connectivity index (χ3v) is 6.32. The lowest BCUT2D eigenvalue weighted by Crippen LogP contribution is -2.37. The second-order valence-electron chi connectivity index (χ2n) is 9.87. The Morgan fingerprint density at radius 1 is 0.735 bits per heavy atom. The maximum Gasteiger partial charge on any atom is 0.123 e. The van der Waals surface area contributed by atoms with Crippen LogP contribution in [0.5, 0.6) is 0 Å². The number of likely N-dealkylation sites (tertiary alicyclic amines) is 1. The van der Waals surface area contributed by atoms with Crippen LogP contribution in [0.3, 0.4) is 0 Å². The van der Waals surface area contributed by atoms with Crippen molar-refractivity contribution in [3.63, 3.8) is 0 Å². The number of hydrogen-bond donors (Lipinski definition) is 1. The van der Waals surface area contributed by atoms with E-state index in [2.05, 4.69) is 33.7 Å². The number of nitrogens with zero attached hydrogens (tertiary/aromatic N) is 3. The third-order valence-electron chi connectivity index (χ3n) is 6.32. The summed E-state index contributed by atoms with van der Waals surface area (Å²) >= 11 is 0. The molecular weight excluding hydrogens is 648 g/mol. The number of rotatable bonds is 12. The number of carboxylic acid groups (broad SMARTS) is 6. The molecule has 0 spiro atoms. The molecule has 0 bridgehead atoms. The standard InChI is InChI=1S/C20H26N4O.3C4H4O4/c21-9-12-23-10-7-16(8-11-23)14-20-22-18-5-1-2-6-19(18)24(20)15-17-4-3-13-25-17;3*5-3(6)1-2-4(7)8/h1-6,13,16H,7-12,14-15,21H2;3*1-2H,(H,5,6)(H,7,8)/p-6/b;3*2-1+. The van der Waals surface area contributed by atoms with E-state index in [0.29, 0.717) is 42.4 Å². The van der Waals surface area contributed by atoms with Crippen LogP contribution in [-0.2, 0) is 41.7 Å². The van der Waals surface area contributed by atoms with Crippen molar-refractivity contribution in [1.82, 2.24) is 14.5 Å². The van der Waals surface area contributed by atoms with E-state index in [9.17, 15) is 59.4 Å². The van der Waals surface area contributed by atoms with Gasteiger partial charge in [-0.3, -0.25) is 0 Å². The second kappa shape index (κ2) is 22.5. The average Bonchev–Trinajstić information content (AvgIpc) is 3.68. The molecule has 17 heteroatoms. The van der Waals surface area contributed by atoms with Crippen LogP contribution in [0.4, 0.5) is 0 Å². The molecule has 2 aromatic heterocycles. The minimum atomic E-state index is -1.55. The van der Waals surface area contributed by atoms with Crippen LogP contribution in [0.1, 0.15) is 24.4 Å². The van der Waals surface area contributed by atoms with Crippen LogP contribution in [0.25, 0.3) is 11.0 Å². The van der Waals surface area contributed by atoms with Crippen LogP contribution in [0.15, 0.2) is 83.5 Å². The number of aromatic nitrogens is 2. The van der Waals surface area contributed by atoms with Crippen molar-refractivity contribution in [2.24, 2.45) is 11.7 Å². The van der Waals surface area contributed by atoms with Gasteiger partial charge in [-0.15, -0.1) is 0 Å². The van der Waals surface area contributed by atoms with Crippen LogP contribution < -0.4 is 36.4 Å². The fourth-order valence-electron chi connectivity index (χ4n) is 4.28. The minimum absolute atomic E-state index is 0.384. The molecule has 1 saturated heterocycles. The maximum absolute atomic E-state index is 9.41. The fourth-order valence-corrected chi connectivity index (χ4v) is 4.28. The Hall–Kier alpha value is -6.07. The van der Waals surface area contributed by atoms with Gasteiger partial charge in [-0.25, -0.2) is 4.98 Å². The van der Waals surface area contributed by atoms with Gasteiger partial charge in [0.25, 0.3) is 0 Å². The lowest BCUT2D eigenvalue weighted by Gasteiger charge is -2.31. The topological polar surface area (TPSA) is 301 Å². The Labute approximate surface area is 279 Å². The van der Waals surface area contributed by atoms with Gasteiger partial charge in [-0.2, -0.15) is 0 Å². The van der Waals surface area contributed by atoms with Crippen molar-refractivity contribution in [2.45, 2.75) is 25.8 Å². The molecule has 4 rings (SSSR count). The quantitative estimate of drug-likeness (QED) is 0.174.